The van der Waals surface area contributed by atoms with Gasteiger partial charge in [-0.1, -0.05) is 19.3 Å². The number of fused-ring (bicyclic) bond motifs is 1. The van der Waals surface area contributed by atoms with Crippen molar-refractivity contribution in [2.24, 2.45) is 0 Å². The van der Waals surface area contributed by atoms with Crippen molar-refractivity contribution in [3.63, 3.8) is 0 Å². The van der Waals surface area contributed by atoms with Gasteiger partial charge in [-0.25, -0.2) is 0 Å². The molecule has 98 valence electrons. The van der Waals surface area contributed by atoms with Crippen molar-refractivity contribution in [3.05, 3.63) is 31.8 Å². The van der Waals surface area contributed by atoms with Crippen LogP contribution in [0.1, 0.15) is 43.0 Å². The molecule has 0 bridgehead atoms. The summed E-state index contributed by atoms with van der Waals surface area (Å²) in [6, 6.07) is 5.92. The summed E-state index contributed by atoms with van der Waals surface area (Å²) >= 11 is 4.88. The Morgan fingerprint density at radius 2 is 2.05 bits per heavy atom. The predicted molar refractivity (Wildman–Crippen MR) is 80.6 cm³/mol. The van der Waals surface area contributed by atoms with Gasteiger partial charge in [0.1, 0.15) is 15.8 Å². The second-order valence-electron chi connectivity index (χ2n) is 4.91. The molecule has 0 aromatic carbocycles. The van der Waals surface area contributed by atoms with Crippen molar-refractivity contribution in [1.29, 1.82) is 5.26 Å². The maximum Gasteiger partial charge on any atom is 0.251 e. The minimum absolute atomic E-state index is 0.0534. The molecule has 0 amide bonds. The van der Waals surface area contributed by atoms with Gasteiger partial charge in [0.2, 0.25) is 0 Å². The second-order valence-corrected chi connectivity index (χ2v) is 6.70. The Bertz CT molecular complexity index is 719. The number of thiophene rings is 1. The molecule has 0 unspecified atom stereocenters. The highest BCUT2D eigenvalue weighted by atomic mass is 79.9. The second kappa shape index (κ2) is 5.10. The topological polar surface area (TPSA) is 45.8 Å². The number of hydrogen-bond acceptors (Lipinski definition) is 3. The lowest BCUT2D eigenvalue weighted by atomic mass is 9.95. The first kappa shape index (κ1) is 12.9. The SMILES string of the molecule is N#Cc1sc2c(ccc(=O)n2C2CCCCC2)c1Br. The van der Waals surface area contributed by atoms with Crippen molar-refractivity contribution < 1.29 is 0 Å². The molecule has 3 rings (SSSR count). The van der Waals surface area contributed by atoms with E-state index in [2.05, 4.69) is 22.0 Å². The van der Waals surface area contributed by atoms with Crippen molar-refractivity contribution >= 4 is 37.5 Å². The molecule has 1 saturated carbocycles. The van der Waals surface area contributed by atoms with E-state index in [0.29, 0.717) is 10.9 Å². The van der Waals surface area contributed by atoms with Crippen LogP contribution in [0.3, 0.4) is 0 Å². The van der Waals surface area contributed by atoms with E-state index in [1.807, 2.05) is 10.6 Å². The summed E-state index contributed by atoms with van der Waals surface area (Å²) in [4.78, 5) is 13.8. The number of aromatic nitrogens is 1. The van der Waals surface area contributed by atoms with Gasteiger partial charge in [0.05, 0.1) is 4.47 Å². The van der Waals surface area contributed by atoms with Gasteiger partial charge >= 0.3 is 0 Å². The first-order valence-electron chi connectivity index (χ1n) is 6.46. The largest absolute Gasteiger partial charge is 0.297 e. The first-order valence-corrected chi connectivity index (χ1v) is 8.07. The summed E-state index contributed by atoms with van der Waals surface area (Å²) in [5.74, 6) is 0. The van der Waals surface area contributed by atoms with Crippen LogP contribution in [0.25, 0.3) is 10.2 Å². The number of rotatable bonds is 1. The van der Waals surface area contributed by atoms with Gasteiger partial charge in [0.15, 0.2) is 0 Å². The van der Waals surface area contributed by atoms with Crippen LogP contribution >= 0.6 is 27.3 Å². The lowest BCUT2D eigenvalue weighted by Gasteiger charge is -2.24. The molecule has 0 saturated heterocycles. The third kappa shape index (κ3) is 2.13. The summed E-state index contributed by atoms with van der Waals surface area (Å²) in [6.45, 7) is 0. The molecular weight excluding hydrogens is 324 g/mol. The lowest BCUT2D eigenvalue weighted by Crippen LogP contribution is -2.25. The van der Waals surface area contributed by atoms with Crippen LogP contribution in [0.15, 0.2) is 21.4 Å². The van der Waals surface area contributed by atoms with Crippen molar-refractivity contribution in [2.45, 2.75) is 38.1 Å². The molecule has 2 heterocycles. The fourth-order valence-electron chi connectivity index (χ4n) is 2.83. The third-order valence-electron chi connectivity index (χ3n) is 3.76. The maximum absolute atomic E-state index is 12.2. The van der Waals surface area contributed by atoms with Crippen LogP contribution in [-0.4, -0.2) is 4.57 Å². The van der Waals surface area contributed by atoms with Crippen LogP contribution in [-0.2, 0) is 0 Å². The van der Waals surface area contributed by atoms with E-state index in [0.717, 1.165) is 27.5 Å². The predicted octanol–water partition coefficient (Wildman–Crippen LogP) is 4.20. The van der Waals surface area contributed by atoms with E-state index in [9.17, 15) is 4.79 Å². The number of pyridine rings is 1. The van der Waals surface area contributed by atoms with Crippen LogP contribution in [0, 0.1) is 11.3 Å². The van der Waals surface area contributed by atoms with Crippen LogP contribution in [0.5, 0.6) is 0 Å². The quantitative estimate of drug-likeness (QED) is 0.783. The van der Waals surface area contributed by atoms with E-state index in [-0.39, 0.29) is 5.56 Å². The van der Waals surface area contributed by atoms with E-state index >= 15 is 0 Å². The highest BCUT2D eigenvalue weighted by Gasteiger charge is 2.21. The fraction of sp³-hybridized carbons (Fsp3) is 0.429. The maximum atomic E-state index is 12.2. The monoisotopic (exact) mass is 336 g/mol. The lowest BCUT2D eigenvalue weighted by molar-refractivity contribution is 0.355. The normalized spacial score (nSPS) is 16.6. The molecule has 0 aliphatic heterocycles. The molecule has 0 atom stereocenters. The molecule has 1 fully saturated rings. The Balaban J connectivity index is 2.25. The zero-order valence-corrected chi connectivity index (χ0v) is 12.8. The third-order valence-corrected chi connectivity index (χ3v) is 5.95. The number of nitrogens with zero attached hydrogens (tertiary/aromatic N) is 2. The smallest absolute Gasteiger partial charge is 0.251 e. The highest BCUT2D eigenvalue weighted by Crippen LogP contribution is 2.37. The van der Waals surface area contributed by atoms with E-state index < -0.39 is 0 Å². The summed E-state index contributed by atoms with van der Waals surface area (Å²) in [6.07, 6.45) is 5.77. The molecule has 1 aliphatic rings. The van der Waals surface area contributed by atoms with Crippen molar-refractivity contribution in [1.82, 2.24) is 4.57 Å². The molecule has 0 radical (unpaired) electrons. The minimum Gasteiger partial charge on any atom is -0.297 e. The van der Waals surface area contributed by atoms with Gasteiger partial charge in [0.25, 0.3) is 5.56 Å². The summed E-state index contributed by atoms with van der Waals surface area (Å²) < 4.78 is 2.73. The molecule has 0 spiro atoms. The molecule has 0 N–H and O–H groups in total. The van der Waals surface area contributed by atoms with Crippen LogP contribution < -0.4 is 5.56 Å². The van der Waals surface area contributed by atoms with Crippen molar-refractivity contribution in [3.8, 4) is 6.07 Å². The Morgan fingerprint density at radius 3 is 2.74 bits per heavy atom. The Labute approximate surface area is 123 Å². The van der Waals surface area contributed by atoms with Gasteiger partial charge in [-0.15, -0.1) is 11.3 Å². The molecule has 2 aromatic rings. The Kier molecular flexibility index (Phi) is 3.46. The molecule has 2 aromatic heterocycles. The fourth-order valence-corrected chi connectivity index (χ4v) is 4.67. The summed E-state index contributed by atoms with van der Waals surface area (Å²) in [7, 11) is 0. The van der Waals surface area contributed by atoms with E-state index in [1.165, 1.54) is 30.6 Å². The Hall–Kier alpha value is -1.12. The van der Waals surface area contributed by atoms with Gasteiger partial charge < -0.3 is 0 Å². The number of hydrogen-bond donors (Lipinski definition) is 0. The average Bonchev–Trinajstić information content (AvgIpc) is 2.76. The average molecular weight is 337 g/mol. The number of nitriles is 1. The zero-order valence-electron chi connectivity index (χ0n) is 10.4. The van der Waals surface area contributed by atoms with Gasteiger partial charge in [-0.3, -0.25) is 9.36 Å². The van der Waals surface area contributed by atoms with Gasteiger partial charge in [-0.2, -0.15) is 5.26 Å². The molecule has 3 nitrogen and oxygen atoms in total. The van der Waals surface area contributed by atoms with Gasteiger partial charge in [-0.05, 0) is 34.8 Å². The van der Waals surface area contributed by atoms with E-state index in [4.69, 9.17) is 5.26 Å². The zero-order chi connectivity index (χ0) is 13.4. The highest BCUT2D eigenvalue weighted by molar-refractivity contribution is 9.10. The summed E-state index contributed by atoms with van der Waals surface area (Å²) in [5.41, 5.74) is 0.0534. The Morgan fingerprint density at radius 1 is 1.32 bits per heavy atom. The van der Waals surface area contributed by atoms with Gasteiger partial charge in [0, 0.05) is 17.5 Å². The molecular formula is C14H13BrN2OS. The van der Waals surface area contributed by atoms with Crippen LogP contribution in [0.2, 0.25) is 0 Å². The van der Waals surface area contributed by atoms with Crippen molar-refractivity contribution in [2.75, 3.05) is 0 Å². The molecule has 1 aliphatic carbocycles. The molecule has 5 heteroatoms. The first-order chi connectivity index (χ1) is 9.22. The number of halogens is 1. The van der Waals surface area contributed by atoms with E-state index in [1.54, 1.807) is 6.07 Å². The summed E-state index contributed by atoms with van der Waals surface area (Å²) in [5, 5.41) is 10.1. The minimum atomic E-state index is 0.0534. The standard InChI is InChI=1S/C14H13BrN2OS/c15-13-10-6-7-12(18)17(9-4-2-1-3-5-9)14(10)19-11(13)8-16/h6-7,9H,1-5H2. The molecule has 19 heavy (non-hydrogen) atoms. The van der Waals surface area contributed by atoms with Crippen LogP contribution in [0.4, 0.5) is 0 Å².